The number of fused-ring (bicyclic) bond motifs is 1. The number of nitrogens with two attached hydrogens (primary N) is 1. The summed E-state index contributed by atoms with van der Waals surface area (Å²) in [7, 11) is 0. The number of nitrogens with zero attached hydrogens (tertiary/aromatic N) is 7. The summed E-state index contributed by atoms with van der Waals surface area (Å²) in [5.41, 5.74) is 9.09. The van der Waals surface area contributed by atoms with E-state index in [1.807, 2.05) is 13.3 Å². The number of morpholine rings is 1. The van der Waals surface area contributed by atoms with Crippen LogP contribution in [0.2, 0.25) is 0 Å². The second-order valence-electron chi connectivity index (χ2n) is 7.36. The van der Waals surface area contributed by atoms with Gasteiger partial charge in [-0.3, -0.25) is 0 Å². The van der Waals surface area contributed by atoms with E-state index in [-0.39, 0.29) is 0 Å². The topological polar surface area (TPSA) is 117 Å². The molecule has 0 amide bonds. The minimum Gasteiger partial charge on any atom is -0.383 e. The Morgan fingerprint density at radius 1 is 1.00 bits per heavy atom. The quantitative estimate of drug-likeness (QED) is 0.700. The van der Waals surface area contributed by atoms with Crippen LogP contribution in [0, 0.1) is 6.92 Å². The van der Waals surface area contributed by atoms with E-state index in [0.29, 0.717) is 53.6 Å². The van der Waals surface area contributed by atoms with Crippen LogP contribution in [0.25, 0.3) is 22.4 Å². The van der Waals surface area contributed by atoms with Gasteiger partial charge in [0.05, 0.1) is 25.1 Å². The number of aromatic nitrogens is 6. The molecular weight excluding hydrogens is 372 g/mol. The zero-order valence-corrected chi connectivity index (χ0v) is 16.4. The summed E-state index contributed by atoms with van der Waals surface area (Å²) in [6.07, 6.45) is 5.45. The molecule has 0 spiro atoms. The van der Waals surface area contributed by atoms with Crippen molar-refractivity contribution in [1.29, 1.82) is 0 Å². The molecule has 0 atom stereocenters. The molecule has 2 fully saturated rings. The van der Waals surface area contributed by atoms with Crippen molar-refractivity contribution in [3.63, 3.8) is 0 Å². The fraction of sp³-hybridized carbons (Fsp3) is 0.526. The molecule has 3 aromatic rings. The summed E-state index contributed by atoms with van der Waals surface area (Å²) >= 11 is 0. The summed E-state index contributed by atoms with van der Waals surface area (Å²) in [6.45, 7) is 6.12. The van der Waals surface area contributed by atoms with Crippen molar-refractivity contribution in [1.82, 2.24) is 29.5 Å². The summed E-state index contributed by atoms with van der Waals surface area (Å²) < 4.78 is 13.2. The van der Waals surface area contributed by atoms with Crippen LogP contribution in [-0.4, -0.2) is 69.0 Å². The lowest BCUT2D eigenvalue weighted by Crippen LogP contribution is -2.37. The van der Waals surface area contributed by atoms with Crippen molar-refractivity contribution < 1.29 is 9.47 Å². The van der Waals surface area contributed by atoms with Gasteiger partial charge in [-0.05, 0) is 19.8 Å². The maximum Gasteiger partial charge on any atom is 0.228 e. The highest BCUT2D eigenvalue weighted by atomic mass is 16.5. The monoisotopic (exact) mass is 396 g/mol. The van der Waals surface area contributed by atoms with Gasteiger partial charge in [0, 0.05) is 38.5 Å². The molecule has 0 aliphatic carbocycles. The molecule has 5 heterocycles. The van der Waals surface area contributed by atoms with Crippen LogP contribution in [-0.2, 0) is 9.47 Å². The molecule has 3 aromatic heterocycles. The highest BCUT2D eigenvalue weighted by molar-refractivity contribution is 5.91. The Morgan fingerprint density at radius 2 is 1.76 bits per heavy atom. The van der Waals surface area contributed by atoms with E-state index in [9.17, 15) is 0 Å². The van der Waals surface area contributed by atoms with Gasteiger partial charge in [0.15, 0.2) is 5.65 Å². The van der Waals surface area contributed by atoms with E-state index in [1.54, 1.807) is 6.20 Å². The largest absolute Gasteiger partial charge is 0.383 e. The van der Waals surface area contributed by atoms with Gasteiger partial charge in [0.2, 0.25) is 5.95 Å². The maximum absolute atomic E-state index is 6.23. The molecule has 0 aromatic carbocycles. The van der Waals surface area contributed by atoms with Gasteiger partial charge < -0.3 is 24.7 Å². The Kier molecular flexibility index (Phi) is 4.72. The Labute approximate surface area is 168 Å². The molecule has 2 N–H and O–H groups in total. The van der Waals surface area contributed by atoms with E-state index in [0.717, 1.165) is 44.8 Å². The minimum absolute atomic E-state index is 0.306. The molecule has 2 aliphatic rings. The average molecular weight is 396 g/mol. The number of hydrogen-bond donors (Lipinski definition) is 1. The molecule has 10 nitrogen and oxygen atoms in total. The summed E-state index contributed by atoms with van der Waals surface area (Å²) in [5.74, 6) is 1.67. The standard InChI is InChI=1S/C19H24N8O2/c1-12-21-10-14(17(20)23-12)15-16-18(25-19(24-15)26-4-8-29-9-5-26)27(11-22-16)13-2-6-28-7-3-13/h10-11,13H,2-9H2,1H3,(H2,20,21,23). The SMILES string of the molecule is Cc1ncc(-c2nc(N3CCOCC3)nc3c2ncn3C2CCOCC2)c(N)n1. The molecule has 0 saturated carbocycles. The number of hydrogen-bond acceptors (Lipinski definition) is 9. The summed E-state index contributed by atoms with van der Waals surface area (Å²) in [4.78, 5) is 25.2. The number of nitrogen functional groups attached to an aromatic ring is 1. The number of anilines is 2. The fourth-order valence-electron chi connectivity index (χ4n) is 3.90. The molecule has 29 heavy (non-hydrogen) atoms. The Balaban J connectivity index is 1.68. The second kappa shape index (κ2) is 7.53. The third-order valence-electron chi connectivity index (χ3n) is 5.48. The number of imidazole rings is 1. The van der Waals surface area contributed by atoms with Crippen LogP contribution < -0.4 is 10.6 Å². The normalized spacial score (nSPS) is 18.4. The van der Waals surface area contributed by atoms with Gasteiger partial charge in [0.1, 0.15) is 22.9 Å². The third kappa shape index (κ3) is 3.38. The molecule has 2 saturated heterocycles. The Bertz CT molecular complexity index is 1020. The number of ether oxygens (including phenoxy) is 2. The van der Waals surface area contributed by atoms with Crippen LogP contribution in [0.4, 0.5) is 11.8 Å². The van der Waals surface area contributed by atoms with Gasteiger partial charge in [0.25, 0.3) is 0 Å². The Morgan fingerprint density at radius 3 is 2.52 bits per heavy atom. The van der Waals surface area contributed by atoms with Crippen LogP contribution in [0.3, 0.4) is 0 Å². The molecule has 0 radical (unpaired) electrons. The van der Waals surface area contributed by atoms with Crippen LogP contribution in [0.1, 0.15) is 24.7 Å². The zero-order chi connectivity index (χ0) is 19.8. The molecular formula is C19H24N8O2. The summed E-state index contributed by atoms with van der Waals surface area (Å²) in [6, 6.07) is 0.306. The van der Waals surface area contributed by atoms with E-state index < -0.39 is 0 Å². The second-order valence-corrected chi connectivity index (χ2v) is 7.36. The molecule has 152 valence electrons. The van der Waals surface area contributed by atoms with E-state index in [1.165, 1.54) is 0 Å². The molecule has 0 bridgehead atoms. The number of rotatable bonds is 3. The predicted molar refractivity (Wildman–Crippen MR) is 108 cm³/mol. The van der Waals surface area contributed by atoms with Crippen LogP contribution >= 0.6 is 0 Å². The first-order valence-corrected chi connectivity index (χ1v) is 9.95. The van der Waals surface area contributed by atoms with Crippen molar-refractivity contribution in [3.8, 4) is 11.3 Å². The van der Waals surface area contributed by atoms with E-state index in [4.69, 9.17) is 25.2 Å². The van der Waals surface area contributed by atoms with Crippen LogP contribution in [0.15, 0.2) is 12.5 Å². The lowest BCUT2D eigenvalue weighted by atomic mass is 10.1. The van der Waals surface area contributed by atoms with Gasteiger partial charge in [-0.1, -0.05) is 0 Å². The third-order valence-corrected chi connectivity index (χ3v) is 5.48. The first-order chi connectivity index (χ1) is 14.2. The zero-order valence-electron chi connectivity index (χ0n) is 16.4. The van der Waals surface area contributed by atoms with Crippen molar-refractivity contribution >= 4 is 22.9 Å². The average Bonchev–Trinajstić information content (AvgIpc) is 3.19. The molecule has 0 unspecified atom stereocenters. The molecule has 5 rings (SSSR count). The predicted octanol–water partition coefficient (Wildman–Crippen LogP) is 1.36. The highest BCUT2D eigenvalue weighted by Crippen LogP contribution is 2.33. The lowest BCUT2D eigenvalue weighted by molar-refractivity contribution is 0.0704. The summed E-state index contributed by atoms with van der Waals surface area (Å²) in [5, 5.41) is 0. The van der Waals surface area contributed by atoms with E-state index >= 15 is 0 Å². The number of aryl methyl sites for hydroxylation is 1. The van der Waals surface area contributed by atoms with Crippen molar-refractivity contribution in [3.05, 3.63) is 18.3 Å². The Hall–Kier alpha value is -2.85. The molecule has 10 heteroatoms. The van der Waals surface area contributed by atoms with Gasteiger partial charge in [-0.15, -0.1) is 0 Å². The molecule has 2 aliphatic heterocycles. The van der Waals surface area contributed by atoms with Gasteiger partial charge in [-0.25, -0.2) is 19.9 Å². The van der Waals surface area contributed by atoms with Crippen molar-refractivity contribution in [2.24, 2.45) is 0 Å². The van der Waals surface area contributed by atoms with Crippen molar-refractivity contribution in [2.75, 3.05) is 50.2 Å². The minimum atomic E-state index is 0.306. The highest BCUT2D eigenvalue weighted by Gasteiger charge is 2.24. The smallest absolute Gasteiger partial charge is 0.228 e. The van der Waals surface area contributed by atoms with Gasteiger partial charge >= 0.3 is 0 Å². The van der Waals surface area contributed by atoms with Crippen molar-refractivity contribution in [2.45, 2.75) is 25.8 Å². The van der Waals surface area contributed by atoms with Crippen LogP contribution in [0.5, 0.6) is 0 Å². The van der Waals surface area contributed by atoms with E-state index in [2.05, 4.69) is 24.4 Å². The first-order valence-electron chi connectivity index (χ1n) is 9.95. The fourth-order valence-corrected chi connectivity index (χ4v) is 3.90. The lowest BCUT2D eigenvalue weighted by Gasteiger charge is -2.28. The maximum atomic E-state index is 6.23. The van der Waals surface area contributed by atoms with Gasteiger partial charge in [-0.2, -0.15) is 4.98 Å². The first kappa shape index (κ1) is 18.2.